The number of aromatic nitrogens is 4. The summed E-state index contributed by atoms with van der Waals surface area (Å²) in [5.41, 5.74) is 6.89. The molecule has 2 N–H and O–H groups in total. The Morgan fingerprint density at radius 2 is 1.95 bits per heavy atom. The summed E-state index contributed by atoms with van der Waals surface area (Å²) in [6.07, 6.45) is 6.14. The lowest BCUT2D eigenvalue weighted by molar-refractivity contribution is 0.100. The highest BCUT2D eigenvalue weighted by atomic mass is 32.2. The molecule has 2 aromatic rings. The maximum Gasteiger partial charge on any atom is 0.248 e. The van der Waals surface area contributed by atoms with Crippen LogP contribution in [0.3, 0.4) is 0 Å². The summed E-state index contributed by atoms with van der Waals surface area (Å²) >= 11 is 1.63. The lowest BCUT2D eigenvalue weighted by Gasteiger charge is -2.21. The molecule has 1 aliphatic rings. The van der Waals surface area contributed by atoms with Gasteiger partial charge in [0.2, 0.25) is 11.1 Å². The molecule has 0 spiro atoms. The molecule has 0 aliphatic heterocycles. The Kier molecular flexibility index (Phi) is 4.72. The van der Waals surface area contributed by atoms with E-state index in [0.29, 0.717) is 11.6 Å². The van der Waals surface area contributed by atoms with Crippen molar-refractivity contribution < 1.29 is 4.79 Å². The standard InChI is InChI=1S/C15H19N5OS/c16-14(21)12-8-6-11(7-9-12)10-22-15-17-18-19-20(15)13-4-2-1-3-5-13/h6-9,13H,1-5,10H2,(H2,16,21). The molecule has 7 heteroatoms. The van der Waals surface area contributed by atoms with E-state index in [1.807, 2.05) is 16.8 Å². The molecule has 1 amide bonds. The number of nitrogens with zero attached hydrogens (tertiary/aromatic N) is 4. The predicted octanol–water partition coefficient (Wildman–Crippen LogP) is 2.57. The van der Waals surface area contributed by atoms with Crippen molar-refractivity contribution in [2.24, 2.45) is 5.73 Å². The van der Waals surface area contributed by atoms with Gasteiger partial charge in [0.15, 0.2) is 0 Å². The van der Waals surface area contributed by atoms with E-state index in [2.05, 4.69) is 15.5 Å². The molecular weight excluding hydrogens is 298 g/mol. The minimum absolute atomic E-state index is 0.402. The smallest absolute Gasteiger partial charge is 0.248 e. The average Bonchev–Trinajstić information content (AvgIpc) is 3.02. The zero-order valence-electron chi connectivity index (χ0n) is 12.3. The number of carbonyl (C=O) groups is 1. The number of nitrogens with two attached hydrogens (primary N) is 1. The number of tetrazole rings is 1. The number of hydrogen-bond acceptors (Lipinski definition) is 5. The molecule has 1 saturated carbocycles. The van der Waals surface area contributed by atoms with Crippen molar-refractivity contribution >= 4 is 17.7 Å². The van der Waals surface area contributed by atoms with E-state index in [1.165, 1.54) is 19.3 Å². The van der Waals surface area contributed by atoms with Crippen LogP contribution < -0.4 is 5.73 Å². The largest absolute Gasteiger partial charge is 0.366 e. The minimum atomic E-state index is -0.402. The SMILES string of the molecule is NC(=O)c1ccc(CSc2nnnn2C2CCCCC2)cc1. The quantitative estimate of drug-likeness (QED) is 0.856. The van der Waals surface area contributed by atoms with Crippen LogP contribution >= 0.6 is 11.8 Å². The van der Waals surface area contributed by atoms with Gasteiger partial charge in [-0.3, -0.25) is 4.79 Å². The summed E-state index contributed by atoms with van der Waals surface area (Å²) in [4.78, 5) is 11.1. The van der Waals surface area contributed by atoms with Crippen LogP contribution in [0.25, 0.3) is 0 Å². The molecule has 0 radical (unpaired) electrons. The summed E-state index contributed by atoms with van der Waals surface area (Å²) in [6, 6.07) is 7.78. The second kappa shape index (κ2) is 6.91. The number of primary amides is 1. The van der Waals surface area contributed by atoms with Gasteiger partial charge in [-0.25, -0.2) is 4.68 Å². The zero-order chi connectivity index (χ0) is 15.4. The maximum atomic E-state index is 11.1. The van der Waals surface area contributed by atoms with Gasteiger partial charge in [-0.1, -0.05) is 43.2 Å². The van der Waals surface area contributed by atoms with Gasteiger partial charge in [-0.05, 0) is 41.0 Å². The van der Waals surface area contributed by atoms with E-state index in [1.54, 1.807) is 23.9 Å². The molecule has 0 bridgehead atoms. The Labute approximate surface area is 133 Å². The van der Waals surface area contributed by atoms with Crippen LogP contribution in [0.2, 0.25) is 0 Å². The molecule has 1 aromatic carbocycles. The molecule has 0 unspecified atom stereocenters. The molecule has 3 rings (SSSR count). The normalized spacial score (nSPS) is 15.8. The topological polar surface area (TPSA) is 86.7 Å². The molecule has 1 aliphatic carbocycles. The molecule has 1 aromatic heterocycles. The number of rotatable bonds is 5. The van der Waals surface area contributed by atoms with Crippen molar-refractivity contribution in [3.05, 3.63) is 35.4 Å². The number of thioether (sulfide) groups is 1. The Morgan fingerprint density at radius 1 is 1.23 bits per heavy atom. The minimum Gasteiger partial charge on any atom is -0.366 e. The fraction of sp³-hybridized carbons (Fsp3) is 0.467. The van der Waals surface area contributed by atoms with Gasteiger partial charge in [0.25, 0.3) is 0 Å². The number of amides is 1. The highest BCUT2D eigenvalue weighted by Crippen LogP contribution is 2.31. The van der Waals surface area contributed by atoms with Gasteiger partial charge in [-0.15, -0.1) is 5.10 Å². The fourth-order valence-electron chi connectivity index (χ4n) is 2.75. The lowest BCUT2D eigenvalue weighted by atomic mass is 9.96. The van der Waals surface area contributed by atoms with Crippen molar-refractivity contribution in [1.82, 2.24) is 20.2 Å². The van der Waals surface area contributed by atoms with E-state index in [-0.39, 0.29) is 0 Å². The van der Waals surface area contributed by atoms with Crippen LogP contribution in [-0.2, 0) is 5.75 Å². The summed E-state index contributed by atoms with van der Waals surface area (Å²) in [5.74, 6) is 0.368. The molecule has 1 heterocycles. The number of hydrogen-bond donors (Lipinski definition) is 1. The summed E-state index contributed by atoms with van der Waals surface area (Å²) in [5, 5.41) is 13.0. The second-order valence-electron chi connectivity index (χ2n) is 5.55. The van der Waals surface area contributed by atoms with E-state index in [4.69, 9.17) is 5.73 Å². The van der Waals surface area contributed by atoms with Crippen molar-refractivity contribution in [2.75, 3.05) is 0 Å². The first-order valence-electron chi connectivity index (χ1n) is 7.53. The third-order valence-corrected chi connectivity index (χ3v) is 4.99. The van der Waals surface area contributed by atoms with Crippen molar-refractivity contribution in [3.8, 4) is 0 Å². The van der Waals surface area contributed by atoms with Crippen LogP contribution in [0.4, 0.5) is 0 Å². The first kappa shape index (κ1) is 15.0. The van der Waals surface area contributed by atoms with Gasteiger partial charge >= 0.3 is 0 Å². The lowest BCUT2D eigenvalue weighted by Crippen LogP contribution is -2.15. The summed E-state index contributed by atoms with van der Waals surface area (Å²) in [6.45, 7) is 0. The number of carbonyl (C=O) groups excluding carboxylic acids is 1. The summed E-state index contributed by atoms with van der Waals surface area (Å²) < 4.78 is 1.97. The van der Waals surface area contributed by atoms with E-state index in [0.717, 1.165) is 29.3 Å². The third kappa shape index (κ3) is 3.47. The molecule has 116 valence electrons. The Morgan fingerprint density at radius 3 is 2.64 bits per heavy atom. The number of benzene rings is 1. The van der Waals surface area contributed by atoms with Crippen LogP contribution in [0.5, 0.6) is 0 Å². The highest BCUT2D eigenvalue weighted by molar-refractivity contribution is 7.98. The average molecular weight is 317 g/mol. The first-order chi connectivity index (χ1) is 10.7. The first-order valence-corrected chi connectivity index (χ1v) is 8.52. The highest BCUT2D eigenvalue weighted by Gasteiger charge is 2.20. The van der Waals surface area contributed by atoms with Gasteiger partial charge in [-0.2, -0.15) is 0 Å². The van der Waals surface area contributed by atoms with Crippen molar-refractivity contribution in [3.63, 3.8) is 0 Å². The summed E-state index contributed by atoms with van der Waals surface area (Å²) in [7, 11) is 0. The molecule has 22 heavy (non-hydrogen) atoms. The van der Waals surface area contributed by atoms with Gasteiger partial charge in [0.05, 0.1) is 6.04 Å². The Bertz CT molecular complexity index is 634. The van der Waals surface area contributed by atoms with E-state index >= 15 is 0 Å². The zero-order valence-corrected chi connectivity index (χ0v) is 13.1. The van der Waals surface area contributed by atoms with Crippen molar-refractivity contribution in [1.29, 1.82) is 0 Å². The monoisotopic (exact) mass is 317 g/mol. The van der Waals surface area contributed by atoms with Crippen molar-refractivity contribution in [2.45, 2.75) is 49.1 Å². The second-order valence-corrected chi connectivity index (χ2v) is 6.49. The van der Waals surface area contributed by atoms with Crippen LogP contribution in [-0.4, -0.2) is 26.1 Å². The van der Waals surface area contributed by atoms with Crippen LogP contribution in [0.15, 0.2) is 29.4 Å². The molecule has 1 fully saturated rings. The van der Waals surface area contributed by atoms with Gasteiger partial charge in [0, 0.05) is 11.3 Å². The molecular formula is C15H19N5OS. The van der Waals surface area contributed by atoms with Gasteiger partial charge < -0.3 is 5.73 Å². The van der Waals surface area contributed by atoms with Crippen LogP contribution in [0.1, 0.15) is 54.1 Å². The molecule has 0 atom stereocenters. The predicted molar refractivity (Wildman–Crippen MR) is 84.5 cm³/mol. The van der Waals surface area contributed by atoms with E-state index < -0.39 is 5.91 Å². The Hall–Kier alpha value is -1.89. The van der Waals surface area contributed by atoms with E-state index in [9.17, 15) is 4.79 Å². The maximum absolute atomic E-state index is 11.1. The van der Waals surface area contributed by atoms with Gasteiger partial charge in [0.1, 0.15) is 0 Å². The fourth-order valence-corrected chi connectivity index (χ4v) is 3.65. The molecule has 6 nitrogen and oxygen atoms in total. The third-order valence-electron chi connectivity index (χ3n) is 3.99. The Balaban J connectivity index is 1.64. The molecule has 0 saturated heterocycles. The van der Waals surface area contributed by atoms with Crippen LogP contribution in [0, 0.1) is 0 Å².